The normalized spacial score (nSPS) is 13.5. The number of ether oxygens (including phenoxy) is 1. The van der Waals surface area contributed by atoms with Crippen LogP contribution in [0.4, 0.5) is 0 Å². The summed E-state index contributed by atoms with van der Waals surface area (Å²) in [6, 6.07) is 6.08. The Balaban J connectivity index is 2.33. The van der Waals surface area contributed by atoms with E-state index in [9.17, 15) is 5.11 Å². The number of hydrogen-bond donors (Lipinski definition) is 2. The Kier molecular flexibility index (Phi) is 6.69. The Morgan fingerprint density at radius 3 is 2.48 bits per heavy atom. The van der Waals surface area contributed by atoms with Crippen LogP contribution in [0.5, 0.6) is 5.75 Å². The van der Waals surface area contributed by atoms with Crippen molar-refractivity contribution in [2.45, 2.75) is 47.6 Å². The lowest BCUT2D eigenvalue weighted by molar-refractivity contribution is 0.101. The van der Waals surface area contributed by atoms with Crippen LogP contribution in [0.3, 0.4) is 0 Å². The Morgan fingerprint density at radius 2 is 1.90 bits per heavy atom. The molecule has 0 fully saturated rings. The average molecular weight is 293 g/mol. The molecule has 0 aromatic heterocycles. The van der Waals surface area contributed by atoms with Crippen LogP contribution in [0.15, 0.2) is 18.2 Å². The molecule has 0 radical (unpaired) electrons. The lowest BCUT2D eigenvalue weighted by Gasteiger charge is -2.30. The van der Waals surface area contributed by atoms with E-state index in [-0.39, 0.29) is 5.41 Å². The summed E-state index contributed by atoms with van der Waals surface area (Å²) in [5, 5.41) is 13.3. The van der Waals surface area contributed by atoms with Gasteiger partial charge in [0.1, 0.15) is 18.5 Å². The van der Waals surface area contributed by atoms with Gasteiger partial charge >= 0.3 is 0 Å². The fourth-order valence-corrected chi connectivity index (χ4v) is 1.97. The Labute approximate surface area is 129 Å². The summed E-state index contributed by atoms with van der Waals surface area (Å²) in [5.41, 5.74) is 2.56. The minimum Gasteiger partial charge on any atom is -0.491 e. The smallest absolute Gasteiger partial charge is 0.122 e. The van der Waals surface area contributed by atoms with Gasteiger partial charge in [-0.05, 0) is 36.8 Å². The first kappa shape index (κ1) is 18.0. The topological polar surface area (TPSA) is 41.5 Å². The van der Waals surface area contributed by atoms with Gasteiger partial charge in [-0.3, -0.25) is 0 Å². The second-order valence-electron chi connectivity index (χ2n) is 7.01. The van der Waals surface area contributed by atoms with Crippen molar-refractivity contribution in [3.8, 4) is 5.75 Å². The van der Waals surface area contributed by atoms with Gasteiger partial charge < -0.3 is 15.2 Å². The molecule has 0 saturated carbocycles. The molecular weight excluding hydrogens is 262 g/mol. The summed E-state index contributed by atoms with van der Waals surface area (Å²) in [7, 11) is 0. The SMILES string of the molecule is Cc1ccc(OCC(O)CNCC(C)(C)C(C)C)c(C)c1. The van der Waals surface area contributed by atoms with Crippen molar-refractivity contribution in [3.05, 3.63) is 29.3 Å². The van der Waals surface area contributed by atoms with Crippen molar-refractivity contribution in [1.82, 2.24) is 5.32 Å². The molecule has 3 heteroatoms. The van der Waals surface area contributed by atoms with Crippen LogP contribution in [0.2, 0.25) is 0 Å². The zero-order valence-electron chi connectivity index (χ0n) is 14.4. The average Bonchev–Trinajstić information content (AvgIpc) is 2.37. The highest BCUT2D eigenvalue weighted by Gasteiger charge is 2.22. The quantitative estimate of drug-likeness (QED) is 0.772. The van der Waals surface area contributed by atoms with Gasteiger partial charge in [-0.15, -0.1) is 0 Å². The van der Waals surface area contributed by atoms with Crippen molar-refractivity contribution < 1.29 is 9.84 Å². The Bertz CT molecular complexity index is 441. The minimum absolute atomic E-state index is 0.230. The van der Waals surface area contributed by atoms with Gasteiger partial charge in [-0.25, -0.2) is 0 Å². The first-order valence-corrected chi connectivity index (χ1v) is 7.81. The lowest BCUT2D eigenvalue weighted by atomic mass is 9.81. The zero-order valence-corrected chi connectivity index (χ0v) is 14.4. The number of benzene rings is 1. The van der Waals surface area contributed by atoms with Gasteiger partial charge in [-0.1, -0.05) is 45.4 Å². The number of aryl methyl sites for hydroxylation is 2. The first-order valence-electron chi connectivity index (χ1n) is 7.81. The molecule has 0 saturated heterocycles. The molecule has 0 aliphatic heterocycles. The van der Waals surface area contributed by atoms with Crippen LogP contribution in [-0.2, 0) is 0 Å². The number of aliphatic hydroxyl groups excluding tert-OH is 1. The third kappa shape index (κ3) is 6.06. The van der Waals surface area contributed by atoms with E-state index >= 15 is 0 Å². The summed E-state index contributed by atoms with van der Waals surface area (Å²) in [5.74, 6) is 1.45. The molecule has 0 aliphatic rings. The van der Waals surface area contributed by atoms with Crippen molar-refractivity contribution >= 4 is 0 Å². The van der Waals surface area contributed by atoms with E-state index in [2.05, 4.69) is 46.0 Å². The molecule has 1 aromatic rings. The third-order valence-electron chi connectivity index (χ3n) is 4.29. The highest BCUT2D eigenvalue weighted by atomic mass is 16.5. The molecule has 0 aliphatic carbocycles. The molecule has 0 spiro atoms. The van der Waals surface area contributed by atoms with Crippen LogP contribution < -0.4 is 10.1 Å². The number of rotatable bonds is 8. The van der Waals surface area contributed by atoms with Crippen LogP contribution in [0.25, 0.3) is 0 Å². The van der Waals surface area contributed by atoms with Crippen molar-refractivity contribution in [3.63, 3.8) is 0 Å². The predicted octanol–water partition coefficient (Wildman–Crippen LogP) is 3.31. The van der Waals surface area contributed by atoms with Crippen LogP contribution >= 0.6 is 0 Å². The zero-order chi connectivity index (χ0) is 16.0. The summed E-state index contributed by atoms with van der Waals surface area (Å²) >= 11 is 0. The molecule has 2 N–H and O–H groups in total. The van der Waals surface area contributed by atoms with E-state index < -0.39 is 6.10 Å². The maximum absolute atomic E-state index is 10.0. The molecule has 3 nitrogen and oxygen atoms in total. The standard InChI is InChI=1S/C18H31NO2/c1-13(2)18(5,6)12-19-10-16(20)11-21-17-8-7-14(3)9-15(17)4/h7-9,13,16,19-20H,10-12H2,1-6H3. The molecular formula is C18H31NO2. The number of aliphatic hydroxyl groups is 1. The first-order chi connectivity index (χ1) is 9.72. The van der Waals surface area contributed by atoms with Crippen LogP contribution in [-0.4, -0.2) is 30.9 Å². The lowest BCUT2D eigenvalue weighted by Crippen LogP contribution is -2.39. The van der Waals surface area contributed by atoms with Gasteiger partial charge in [0, 0.05) is 13.1 Å². The minimum atomic E-state index is -0.492. The van der Waals surface area contributed by atoms with E-state index in [0.717, 1.165) is 17.9 Å². The van der Waals surface area contributed by atoms with Gasteiger partial charge in [-0.2, -0.15) is 0 Å². The summed E-state index contributed by atoms with van der Waals surface area (Å²) in [6.45, 7) is 14.8. The molecule has 21 heavy (non-hydrogen) atoms. The maximum Gasteiger partial charge on any atom is 0.122 e. The van der Waals surface area contributed by atoms with Gasteiger partial charge in [0.25, 0.3) is 0 Å². The van der Waals surface area contributed by atoms with Crippen molar-refractivity contribution in [2.24, 2.45) is 11.3 Å². The summed E-state index contributed by atoms with van der Waals surface area (Å²) < 4.78 is 5.69. The predicted molar refractivity (Wildman–Crippen MR) is 88.9 cm³/mol. The molecule has 1 unspecified atom stereocenters. The fourth-order valence-electron chi connectivity index (χ4n) is 1.97. The van der Waals surface area contributed by atoms with E-state index in [4.69, 9.17) is 4.74 Å². The van der Waals surface area contributed by atoms with E-state index in [0.29, 0.717) is 19.1 Å². The Morgan fingerprint density at radius 1 is 1.24 bits per heavy atom. The van der Waals surface area contributed by atoms with Crippen LogP contribution in [0.1, 0.15) is 38.8 Å². The number of hydrogen-bond acceptors (Lipinski definition) is 3. The monoisotopic (exact) mass is 293 g/mol. The molecule has 120 valence electrons. The summed E-state index contributed by atoms with van der Waals surface area (Å²) in [6.07, 6.45) is -0.492. The van der Waals surface area contributed by atoms with Crippen molar-refractivity contribution in [1.29, 1.82) is 0 Å². The molecule has 1 aromatic carbocycles. The highest BCUT2D eigenvalue weighted by Crippen LogP contribution is 2.24. The second-order valence-corrected chi connectivity index (χ2v) is 7.01. The van der Waals surface area contributed by atoms with Crippen molar-refractivity contribution in [2.75, 3.05) is 19.7 Å². The maximum atomic E-state index is 10.0. The van der Waals surface area contributed by atoms with E-state index in [1.807, 2.05) is 19.1 Å². The molecule has 0 heterocycles. The highest BCUT2D eigenvalue weighted by molar-refractivity contribution is 5.35. The largest absolute Gasteiger partial charge is 0.491 e. The molecule has 0 bridgehead atoms. The molecule has 0 amide bonds. The summed E-state index contributed by atoms with van der Waals surface area (Å²) in [4.78, 5) is 0. The van der Waals surface area contributed by atoms with Gasteiger partial charge in [0.05, 0.1) is 0 Å². The van der Waals surface area contributed by atoms with E-state index in [1.54, 1.807) is 0 Å². The second kappa shape index (κ2) is 7.81. The van der Waals surface area contributed by atoms with Gasteiger partial charge in [0.15, 0.2) is 0 Å². The molecule has 1 atom stereocenters. The third-order valence-corrected chi connectivity index (χ3v) is 4.29. The fraction of sp³-hybridized carbons (Fsp3) is 0.667. The van der Waals surface area contributed by atoms with Crippen LogP contribution in [0, 0.1) is 25.2 Å². The van der Waals surface area contributed by atoms with Gasteiger partial charge in [0.2, 0.25) is 0 Å². The molecule has 1 rings (SSSR count). The number of nitrogens with one attached hydrogen (secondary N) is 1. The Hall–Kier alpha value is -1.06. The van der Waals surface area contributed by atoms with E-state index in [1.165, 1.54) is 5.56 Å².